The topological polar surface area (TPSA) is 41.1 Å². The molecule has 1 N–H and O–H groups in total. The highest BCUT2D eigenvalue weighted by atomic mass is 15.2. The van der Waals surface area contributed by atoms with Crippen molar-refractivity contribution in [1.29, 1.82) is 0 Å². The van der Waals surface area contributed by atoms with Gasteiger partial charge in [0.15, 0.2) is 0 Å². The molecule has 1 saturated carbocycles. The Kier molecular flexibility index (Phi) is 5.62. The Labute approximate surface area is 123 Å². The zero-order chi connectivity index (χ0) is 14.4. The molecular formula is C16H28N4. The van der Waals surface area contributed by atoms with E-state index in [4.69, 9.17) is 0 Å². The summed E-state index contributed by atoms with van der Waals surface area (Å²) in [5.41, 5.74) is 1.19. The molecule has 1 aromatic rings. The normalized spacial score (nSPS) is 16.1. The summed E-state index contributed by atoms with van der Waals surface area (Å²) in [7, 11) is 0. The van der Waals surface area contributed by atoms with Gasteiger partial charge in [0.25, 0.3) is 0 Å². The fourth-order valence-corrected chi connectivity index (χ4v) is 3.13. The molecule has 2 rings (SSSR count). The third-order valence-corrected chi connectivity index (χ3v) is 4.23. The molecule has 1 heterocycles. The van der Waals surface area contributed by atoms with Crippen molar-refractivity contribution >= 4 is 11.6 Å². The van der Waals surface area contributed by atoms with Crippen LogP contribution in [0.2, 0.25) is 0 Å². The summed E-state index contributed by atoms with van der Waals surface area (Å²) in [6.45, 7) is 8.53. The maximum absolute atomic E-state index is 4.57. The monoisotopic (exact) mass is 276 g/mol. The SMILES string of the molecule is CCCNc1ncnc(N(CC)C2CCCCC2)c1C. The van der Waals surface area contributed by atoms with Gasteiger partial charge < -0.3 is 10.2 Å². The average molecular weight is 276 g/mol. The van der Waals surface area contributed by atoms with E-state index in [2.05, 4.69) is 41.0 Å². The molecule has 1 fully saturated rings. The number of anilines is 2. The van der Waals surface area contributed by atoms with Gasteiger partial charge in [0, 0.05) is 24.7 Å². The fourth-order valence-electron chi connectivity index (χ4n) is 3.13. The number of nitrogens with zero attached hydrogens (tertiary/aromatic N) is 3. The molecule has 4 nitrogen and oxygen atoms in total. The first kappa shape index (κ1) is 15.1. The van der Waals surface area contributed by atoms with Crippen molar-refractivity contribution in [3.63, 3.8) is 0 Å². The predicted molar refractivity (Wildman–Crippen MR) is 85.4 cm³/mol. The van der Waals surface area contributed by atoms with E-state index in [-0.39, 0.29) is 0 Å². The van der Waals surface area contributed by atoms with Gasteiger partial charge in [0.2, 0.25) is 0 Å². The Hall–Kier alpha value is -1.32. The van der Waals surface area contributed by atoms with Gasteiger partial charge in [-0.05, 0) is 33.1 Å². The standard InChI is InChI=1S/C16H28N4/c1-4-11-17-15-13(3)16(19-12-18-15)20(5-2)14-9-7-6-8-10-14/h12,14H,4-11H2,1-3H3,(H,17,18,19). The zero-order valence-corrected chi connectivity index (χ0v) is 13.2. The van der Waals surface area contributed by atoms with E-state index < -0.39 is 0 Å². The predicted octanol–water partition coefficient (Wildman–Crippen LogP) is 3.77. The molecule has 0 amide bonds. The molecule has 0 saturated heterocycles. The molecule has 1 aliphatic carbocycles. The van der Waals surface area contributed by atoms with Crippen LogP contribution in [-0.4, -0.2) is 29.1 Å². The smallest absolute Gasteiger partial charge is 0.137 e. The van der Waals surface area contributed by atoms with Gasteiger partial charge >= 0.3 is 0 Å². The number of rotatable bonds is 6. The van der Waals surface area contributed by atoms with Crippen molar-refractivity contribution in [3.05, 3.63) is 11.9 Å². The summed E-state index contributed by atoms with van der Waals surface area (Å²) >= 11 is 0. The van der Waals surface area contributed by atoms with Gasteiger partial charge in [-0.3, -0.25) is 0 Å². The van der Waals surface area contributed by atoms with Crippen LogP contribution < -0.4 is 10.2 Å². The summed E-state index contributed by atoms with van der Waals surface area (Å²) in [6, 6.07) is 0.654. The first-order chi connectivity index (χ1) is 9.77. The average Bonchev–Trinajstić information content (AvgIpc) is 2.49. The van der Waals surface area contributed by atoms with Gasteiger partial charge in [0.1, 0.15) is 18.0 Å². The first-order valence-corrected chi connectivity index (χ1v) is 8.10. The van der Waals surface area contributed by atoms with Gasteiger partial charge in [-0.25, -0.2) is 9.97 Å². The van der Waals surface area contributed by atoms with Crippen LogP contribution in [0.3, 0.4) is 0 Å². The van der Waals surface area contributed by atoms with Gasteiger partial charge in [-0.2, -0.15) is 0 Å². The molecule has 0 atom stereocenters. The molecule has 0 spiro atoms. The highest BCUT2D eigenvalue weighted by Gasteiger charge is 2.23. The van der Waals surface area contributed by atoms with Crippen LogP contribution in [0.15, 0.2) is 6.33 Å². The van der Waals surface area contributed by atoms with Crippen molar-refractivity contribution in [2.24, 2.45) is 0 Å². The van der Waals surface area contributed by atoms with Crippen LogP contribution in [0.4, 0.5) is 11.6 Å². The molecular weight excluding hydrogens is 248 g/mol. The number of hydrogen-bond acceptors (Lipinski definition) is 4. The quantitative estimate of drug-likeness (QED) is 0.859. The lowest BCUT2D eigenvalue weighted by Crippen LogP contribution is -2.37. The number of nitrogens with one attached hydrogen (secondary N) is 1. The molecule has 1 aromatic heterocycles. The van der Waals surface area contributed by atoms with E-state index in [1.54, 1.807) is 6.33 Å². The lowest BCUT2D eigenvalue weighted by atomic mass is 9.94. The zero-order valence-electron chi connectivity index (χ0n) is 13.2. The van der Waals surface area contributed by atoms with Crippen molar-refractivity contribution < 1.29 is 0 Å². The lowest BCUT2D eigenvalue weighted by molar-refractivity contribution is 0.416. The highest BCUT2D eigenvalue weighted by Crippen LogP contribution is 2.29. The van der Waals surface area contributed by atoms with E-state index in [1.807, 2.05) is 0 Å². The summed E-state index contributed by atoms with van der Waals surface area (Å²) in [5.74, 6) is 2.11. The summed E-state index contributed by atoms with van der Waals surface area (Å²) < 4.78 is 0. The minimum absolute atomic E-state index is 0.654. The van der Waals surface area contributed by atoms with Crippen LogP contribution >= 0.6 is 0 Å². The minimum Gasteiger partial charge on any atom is -0.370 e. The van der Waals surface area contributed by atoms with Crippen LogP contribution in [0.5, 0.6) is 0 Å². The molecule has 0 unspecified atom stereocenters. The third-order valence-electron chi connectivity index (χ3n) is 4.23. The Morgan fingerprint density at radius 2 is 1.95 bits per heavy atom. The second-order valence-electron chi connectivity index (χ2n) is 5.68. The fraction of sp³-hybridized carbons (Fsp3) is 0.750. The molecule has 0 bridgehead atoms. The molecule has 0 aliphatic heterocycles. The maximum atomic E-state index is 4.57. The highest BCUT2D eigenvalue weighted by molar-refractivity contribution is 5.58. The molecule has 1 aliphatic rings. The van der Waals surface area contributed by atoms with Crippen molar-refractivity contribution in [2.75, 3.05) is 23.3 Å². The van der Waals surface area contributed by atoms with Crippen LogP contribution in [0.1, 0.15) is 57.9 Å². The number of aromatic nitrogens is 2. The van der Waals surface area contributed by atoms with Crippen LogP contribution in [0, 0.1) is 6.92 Å². The molecule has 0 aromatic carbocycles. The van der Waals surface area contributed by atoms with E-state index in [0.717, 1.165) is 31.1 Å². The molecule has 4 heteroatoms. The third kappa shape index (κ3) is 3.41. The van der Waals surface area contributed by atoms with E-state index in [1.165, 1.54) is 37.7 Å². The molecule has 20 heavy (non-hydrogen) atoms. The molecule has 112 valence electrons. The maximum Gasteiger partial charge on any atom is 0.137 e. The van der Waals surface area contributed by atoms with Gasteiger partial charge in [0.05, 0.1) is 0 Å². The van der Waals surface area contributed by atoms with Crippen molar-refractivity contribution in [2.45, 2.75) is 65.3 Å². The summed E-state index contributed by atoms with van der Waals surface area (Å²) in [5, 5.41) is 3.41. The molecule has 0 radical (unpaired) electrons. The Morgan fingerprint density at radius 3 is 2.60 bits per heavy atom. The van der Waals surface area contributed by atoms with Gasteiger partial charge in [-0.1, -0.05) is 26.2 Å². The van der Waals surface area contributed by atoms with E-state index >= 15 is 0 Å². The van der Waals surface area contributed by atoms with Crippen LogP contribution in [0.25, 0.3) is 0 Å². The van der Waals surface area contributed by atoms with Crippen LogP contribution in [-0.2, 0) is 0 Å². The van der Waals surface area contributed by atoms with Gasteiger partial charge in [-0.15, -0.1) is 0 Å². The number of hydrogen-bond donors (Lipinski definition) is 1. The van der Waals surface area contributed by atoms with E-state index in [0.29, 0.717) is 6.04 Å². The Morgan fingerprint density at radius 1 is 1.20 bits per heavy atom. The first-order valence-electron chi connectivity index (χ1n) is 8.10. The van der Waals surface area contributed by atoms with Crippen molar-refractivity contribution in [1.82, 2.24) is 9.97 Å². The second kappa shape index (κ2) is 7.46. The minimum atomic E-state index is 0.654. The van der Waals surface area contributed by atoms with E-state index in [9.17, 15) is 0 Å². The largest absolute Gasteiger partial charge is 0.370 e. The second-order valence-corrected chi connectivity index (χ2v) is 5.68. The lowest BCUT2D eigenvalue weighted by Gasteiger charge is -2.35. The Bertz CT molecular complexity index is 413. The summed E-state index contributed by atoms with van der Waals surface area (Å²) in [6.07, 6.45) is 9.51. The van der Waals surface area contributed by atoms with Crippen molar-refractivity contribution in [3.8, 4) is 0 Å². The summed E-state index contributed by atoms with van der Waals surface area (Å²) in [4.78, 5) is 11.4. The Balaban J connectivity index is 2.20.